The van der Waals surface area contributed by atoms with Crippen molar-refractivity contribution in [3.8, 4) is 10.8 Å². The average Bonchev–Trinajstić information content (AvgIpc) is 3.31. The van der Waals surface area contributed by atoms with Gasteiger partial charge in [-0.2, -0.15) is 0 Å². The number of amides is 2. The van der Waals surface area contributed by atoms with Crippen molar-refractivity contribution in [2.24, 2.45) is 0 Å². The van der Waals surface area contributed by atoms with Crippen molar-refractivity contribution in [1.29, 1.82) is 0 Å². The molecule has 3 heterocycles. The fourth-order valence-electron chi connectivity index (χ4n) is 2.68. The van der Waals surface area contributed by atoms with Gasteiger partial charge in [0, 0.05) is 38.1 Å². The number of piperazine rings is 1. The maximum atomic E-state index is 12.6. The molecule has 1 fully saturated rings. The van der Waals surface area contributed by atoms with E-state index in [9.17, 15) is 9.59 Å². The third kappa shape index (κ3) is 4.46. The molecule has 0 spiro atoms. The lowest BCUT2D eigenvalue weighted by molar-refractivity contribution is -0.122. The van der Waals surface area contributed by atoms with Crippen LogP contribution >= 0.6 is 11.3 Å². The molecular formula is C17H22N4O3S. The summed E-state index contributed by atoms with van der Waals surface area (Å²) in [6.07, 6.45) is 2.52. The highest BCUT2D eigenvalue weighted by Crippen LogP contribution is 2.24. The Morgan fingerprint density at radius 2 is 2.12 bits per heavy atom. The van der Waals surface area contributed by atoms with Gasteiger partial charge in [-0.15, -0.1) is 11.3 Å². The summed E-state index contributed by atoms with van der Waals surface area (Å²) in [6, 6.07) is 3.63. The molecule has 2 amide bonds. The quantitative estimate of drug-likeness (QED) is 0.846. The van der Waals surface area contributed by atoms with E-state index in [0.29, 0.717) is 55.7 Å². The molecule has 0 radical (unpaired) electrons. The molecule has 8 heteroatoms. The summed E-state index contributed by atoms with van der Waals surface area (Å²) in [6.45, 7) is 5.73. The highest BCUT2D eigenvalue weighted by atomic mass is 32.1. The molecule has 1 saturated heterocycles. The molecule has 1 aliphatic rings. The normalized spacial score (nSPS) is 15.3. The number of thiazole rings is 1. The van der Waals surface area contributed by atoms with E-state index in [1.807, 2.05) is 13.0 Å². The lowest BCUT2D eigenvalue weighted by Gasteiger charge is -2.33. The number of rotatable bonds is 6. The number of nitrogens with one attached hydrogen (secondary N) is 1. The second kappa shape index (κ2) is 8.26. The average molecular weight is 362 g/mol. The Hall–Kier alpha value is -2.19. The molecule has 0 aliphatic carbocycles. The smallest absolute Gasteiger partial charge is 0.273 e. The summed E-state index contributed by atoms with van der Waals surface area (Å²) in [5.41, 5.74) is 0.450. The van der Waals surface area contributed by atoms with Crippen LogP contribution in [0.1, 0.15) is 23.8 Å². The minimum Gasteiger partial charge on any atom is -0.462 e. The maximum absolute atomic E-state index is 12.6. The van der Waals surface area contributed by atoms with E-state index in [0.717, 1.165) is 6.42 Å². The molecular weight excluding hydrogens is 340 g/mol. The monoisotopic (exact) mass is 362 g/mol. The van der Waals surface area contributed by atoms with E-state index in [4.69, 9.17) is 4.42 Å². The van der Waals surface area contributed by atoms with Crippen LogP contribution in [0, 0.1) is 0 Å². The largest absolute Gasteiger partial charge is 0.462 e. The number of furan rings is 1. The second-order valence-electron chi connectivity index (χ2n) is 5.93. The highest BCUT2D eigenvalue weighted by Gasteiger charge is 2.25. The van der Waals surface area contributed by atoms with Gasteiger partial charge in [0.1, 0.15) is 5.69 Å². The van der Waals surface area contributed by atoms with Crippen LogP contribution < -0.4 is 5.32 Å². The zero-order valence-electron chi connectivity index (χ0n) is 14.2. The van der Waals surface area contributed by atoms with Crippen LogP contribution in [-0.2, 0) is 4.79 Å². The summed E-state index contributed by atoms with van der Waals surface area (Å²) in [4.78, 5) is 32.6. The molecule has 0 aromatic carbocycles. The molecule has 1 aliphatic heterocycles. The van der Waals surface area contributed by atoms with Crippen LogP contribution in [-0.4, -0.2) is 65.9 Å². The van der Waals surface area contributed by atoms with Crippen molar-refractivity contribution in [2.45, 2.75) is 13.3 Å². The molecule has 7 nitrogen and oxygen atoms in total. The van der Waals surface area contributed by atoms with Gasteiger partial charge in [0.05, 0.1) is 12.8 Å². The third-order valence-electron chi connectivity index (χ3n) is 4.05. The van der Waals surface area contributed by atoms with Gasteiger partial charge >= 0.3 is 0 Å². The van der Waals surface area contributed by atoms with Crippen molar-refractivity contribution in [1.82, 2.24) is 20.1 Å². The predicted molar refractivity (Wildman–Crippen MR) is 95.5 cm³/mol. The standard InChI is InChI=1S/C17H22N4O3S/c1-2-5-18-15(22)11-20-6-8-21(9-7-20)17(23)13-12-25-16(19-13)14-4-3-10-24-14/h3-4,10,12H,2,5-9,11H2,1H3,(H,18,22). The Bertz CT molecular complexity index is 705. The van der Waals surface area contributed by atoms with Crippen LogP contribution in [0.3, 0.4) is 0 Å². The molecule has 0 unspecified atom stereocenters. The van der Waals surface area contributed by atoms with Gasteiger partial charge in [-0.25, -0.2) is 4.98 Å². The van der Waals surface area contributed by atoms with E-state index < -0.39 is 0 Å². The van der Waals surface area contributed by atoms with Gasteiger partial charge in [0.2, 0.25) is 5.91 Å². The van der Waals surface area contributed by atoms with Crippen LogP contribution in [0.25, 0.3) is 10.8 Å². The molecule has 25 heavy (non-hydrogen) atoms. The first-order valence-corrected chi connectivity index (χ1v) is 9.33. The van der Waals surface area contributed by atoms with Gasteiger partial charge in [-0.3, -0.25) is 14.5 Å². The Morgan fingerprint density at radius 3 is 2.80 bits per heavy atom. The van der Waals surface area contributed by atoms with E-state index in [1.54, 1.807) is 22.6 Å². The minimum absolute atomic E-state index is 0.0456. The van der Waals surface area contributed by atoms with Crippen LogP contribution in [0.5, 0.6) is 0 Å². The van der Waals surface area contributed by atoms with Crippen molar-refractivity contribution >= 4 is 23.2 Å². The van der Waals surface area contributed by atoms with Crippen LogP contribution in [0.15, 0.2) is 28.2 Å². The molecule has 3 rings (SSSR count). The summed E-state index contributed by atoms with van der Waals surface area (Å²) >= 11 is 1.40. The predicted octanol–water partition coefficient (Wildman–Crippen LogP) is 1.69. The fourth-order valence-corrected chi connectivity index (χ4v) is 3.44. The van der Waals surface area contributed by atoms with E-state index in [1.165, 1.54) is 11.3 Å². The zero-order valence-corrected chi connectivity index (χ0v) is 15.1. The van der Waals surface area contributed by atoms with Gasteiger partial charge in [-0.1, -0.05) is 6.92 Å². The molecule has 0 bridgehead atoms. The number of hydrogen-bond donors (Lipinski definition) is 1. The van der Waals surface area contributed by atoms with E-state index >= 15 is 0 Å². The number of carbonyl (C=O) groups is 2. The number of nitrogens with zero attached hydrogens (tertiary/aromatic N) is 3. The first kappa shape index (κ1) is 17.6. The summed E-state index contributed by atoms with van der Waals surface area (Å²) in [5, 5.41) is 5.35. The van der Waals surface area contributed by atoms with Crippen molar-refractivity contribution in [3.63, 3.8) is 0 Å². The van der Waals surface area contributed by atoms with E-state index in [-0.39, 0.29) is 11.8 Å². The van der Waals surface area contributed by atoms with Crippen molar-refractivity contribution < 1.29 is 14.0 Å². The second-order valence-corrected chi connectivity index (χ2v) is 6.79. The maximum Gasteiger partial charge on any atom is 0.273 e. The van der Waals surface area contributed by atoms with E-state index in [2.05, 4.69) is 15.2 Å². The van der Waals surface area contributed by atoms with Crippen molar-refractivity contribution in [3.05, 3.63) is 29.5 Å². The molecule has 0 saturated carbocycles. The Kier molecular flexibility index (Phi) is 5.83. The molecule has 0 atom stereocenters. The first-order chi connectivity index (χ1) is 12.2. The van der Waals surface area contributed by atoms with Gasteiger partial charge in [-0.05, 0) is 18.6 Å². The number of carbonyl (C=O) groups excluding carboxylic acids is 2. The number of aromatic nitrogens is 1. The Balaban J connectivity index is 1.51. The number of hydrogen-bond acceptors (Lipinski definition) is 6. The highest BCUT2D eigenvalue weighted by molar-refractivity contribution is 7.13. The lowest BCUT2D eigenvalue weighted by Crippen LogP contribution is -2.51. The summed E-state index contributed by atoms with van der Waals surface area (Å²) < 4.78 is 5.32. The van der Waals surface area contributed by atoms with Crippen LogP contribution in [0.2, 0.25) is 0 Å². The molecule has 2 aromatic rings. The third-order valence-corrected chi connectivity index (χ3v) is 4.91. The SMILES string of the molecule is CCCNC(=O)CN1CCN(C(=O)c2csc(-c3ccco3)n2)CC1. The first-order valence-electron chi connectivity index (χ1n) is 8.45. The topological polar surface area (TPSA) is 78.7 Å². The molecule has 134 valence electrons. The van der Waals surface area contributed by atoms with Crippen molar-refractivity contribution in [2.75, 3.05) is 39.3 Å². The molecule has 1 N–H and O–H groups in total. The molecule has 2 aromatic heterocycles. The Morgan fingerprint density at radius 1 is 1.32 bits per heavy atom. The minimum atomic E-state index is -0.0656. The van der Waals surface area contributed by atoms with Crippen LogP contribution in [0.4, 0.5) is 0 Å². The zero-order chi connectivity index (χ0) is 17.6. The summed E-state index contributed by atoms with van der Waals surface area (Å²) in [7, 11) is 0. The lowest BCUT2D eigenvalue weighted by atomic mass is 10.3. The Labute approximate surface area is 150 Å². The summed E-state index contributed by atoms with van der Waals surface area (Å²) in [5.74, 6) is 0.653. The van der Waals surface area contributed by atoms with Gasteiger partial charge in [0.15, 0.2) is 10.8 Å². The fraction of sp³-hybridized carbons (Fsp3) is 0.471. The van der Waals surface area contributed by atoms with Gasteiger partial charge < -0.3 is 14.6 Å². The van der Waals surface area contributed by atoms with Gasteiger partial charge in [0.25, 0.3) is 5.91 Å².